The van der Waals surface area contributed by atoms with Crippen LogP contribution in [0, 0.1) is 5.92 Å². The molecule has 1 aliphatic heterocycles. The van der Waals surface area contributed by atoms with Crippen molar-refractivity contribution in [3.63, 3.8) is 0 Å². The lowest BCUT2D eigenvalue weighted by molar-refractivity contribution is 0.676. The number of hydrogen-bond donors (Lipinski definition) is 1. The van der Waals surface area contributed by atoms with Gasteiger partial charge in [0.25, 0.3) is 0 Å². The van der Waals surface area contributed by atoms with Crippen LogP contribution < -0.4 is 5.32 Å². The molecular weight excluding hydrogens is 182 g/mol. The highest BCUT2D eigenvalue weighted by atomic mass is 35.5. The van der Waals surface area contributed by atoms with Crippen molar-refractivity contribution in [2.24, 2.45) is 5.92 Å². The molecule has 1 nitrogen and oxygen atoms in total. The van der Waals surface area contributed by atoms with Crippen molar-refractivity contribution in [1.82, 2.24) is 5.32 Å². The summed E-state index contributed by atoms with van der Waals surface area (Å²) in [5.74, 6) is 0.867. The first kappa shape index (κ1) is 7.84. The summed E-state index contributed by atoms with van der Waals surface area (Å²) in [5, 5.41) is 4.30. The van der Waals surface area contributed by atoms with E-state index in [0.29, 0.717) is 5.41 Å². The molecule has 0 radical (unpaired) electrons. The first-order valence-corrected chi connectivity index (χ1v) is 5.16. The number of piperidine rings is 1. The molecule has 1 saturated carbocycles. The standard InChI is InChI=1S/C11H12ClN/c12-10-3-1-2-8(4-10)11-5-9(11)6-13-7-11/h1-4,9,13H,5-7H2. The Bertz CT molecular complexity index is 350. The fourth-order valence-corrected chi connectivity index (χ4v) is 2.78. The van der Waals surface area contributed by atoms with Crippen molar-refractivity contribution >= 4 is 11.6 Å². The van der Waals surface area contributed by atoms with Crippen LogP contribution in [0.5, 0.6) is 0 Å². The van der Waals surface area contributed by atoms with Crippen LogP contribution >= 0.6 is 11.6 Å². The van der Waals surface area contributed by atoms with Gasteiger partial charge in [0, 0.05) is 17.0 Å². The summed E-state index contributed by atoms with van der Waals surface area (Å²) in [7, 11) is 0. The first-order valence-electron chi connectivity index (χ1n) is 4.78. The van der Waals surface area contributed by atoms with E-state index in [-0.39, 0.29) is 0 Å². The van der Waals surface area contributed by atoms with Gasteiger partial charge in [0.15, 0.2) is 0 Å². The molecule has 1 aliphatic carbocycles. The van der Waals surface area contributed by atoms with Crippen molar-refractivity contribution in [2.75, 3.05) is 13.1 Å². The van der Waals surface area contributed by atoms with Crippen LogP contribution in [-0.4, -0.2) is 13.1 Å². The third-order valence-corrected chi connectivity index (χ3v) is 3.70. The van der Waals surface area contributed by atoms with Crippen LogP contribution in [0.4, 0.5) is 0 Å². The summed E-state index contributed by atoms with van der Waals surface area (Å²) >= 11 is 5.98. The molecular formula is C11H12ClN. The van der Waals surface area contributed by atoms with Gasteiger partial charge in [-0.2, -0.15) is 0 Å². The summed E-state index contributed by atoms with van der Waals surface area (Å²) in [5.41, 5.74) is 1.88. The van der Waals surface area contributed by atoms with E-state index in [9.17, 15) is 0 Å². The van der Waals surface area contributed by atoms with Crippen LogP contribution in [0.1, 0.15) is 12.0 Å². The van der Waals surface area contributed by atoms with E-state index in [4.69, 9.17) is 11.6 Å². The number of benzene rings is 1. The van der Waals surface area contributed by atoms with Crippen LogP contribution in [0.2, 0.25) is 5.02 Å². The lowest BCUT2D eigenvalue weighted by atomic mass is 9.95. The molecule has 68 valence electrons. The van der Waals surface area contributed by atoms with E-state index in [2.05, 4.69) is 23.5 Å². The molecule has 0 spiro atoms. The average molecular weight is 194 g/mol. The maximum absolute atomic E-state index is 5.98. The quantitative estimate of drug-likeness (QED) is 0.721. The highest BCUT2D eigenvalue weighted by Crippen LogP contribution is 2.56. The van der Waals surface area contributed by atoms with Gasteiger partial charge in [0.2, 0.25) is 0 Å². The minimum Gasteiger partial charge on any atom is -0.316 e. The fourth-order valence-electron chi connectivity index (χ4n) is 2.59. The third-order valence-electron chi connectivity index (χ3n) is 3.46. The van der Waals surface area contributed by atoms with Gasteiger partial charge in [-0.05, 0) is 36.6 Å². The summed E-state index contributed by atoms with van der Waals surface area (Å²) in [6.45, 7) is 2.32. The maximum Gasteiger partial charge on any atom is 0.0408 e. The van der Waals surface area contributed by atoms with E-state index in [0.717, 1.165) is 17.5 Å². The Kier molecular flexibility index (Phi) is 1.50. The Morgan fingerprint density at radius 2 is 2.38 bits per heavy atom. The minimum absolute atomic E-state index is 0.449. The predicted molar refractivity (Wildman–Crippen MR) is 54.1 cm³/mol. The second kappa shape index (κ2) is 2.49. The Morgan fingerprint density at radius 3 is 3.00 bits per heavy atom. The van der Waals surface area contributed by atoms with Gasteiger partial charge >= 0.3 is 0 Å². The number of nitrogens with one attached hydrogen (secondary N) is 1. The second-order valence-electron chi connectivity index (χ2n) is 4.20. The van der Waals surface area contributed by atoms with Gasteiger partial charge < -0.3 is 5.32 Å². The molecule has 0 amide bonds. The topological polar surface area (TPSA) is 12.0 Å². The summed E-state index contributed by atoms with van der Waals surface area (Å²) in [6.07, 6.45) is 1.35. The van der Waals surface area contributed by atoms with Crippen LogP contribution in [0.15, 0.2) is 24.3 Å². The molecule has 1 aromatic rings. The molecule has 1 aromatic carbocycles. The highest BCUT2D eigenvalue weighted by Gasteiger charge is 2.57. The predicted octanol–water partition coefficient (Wildman–Crippen LogP) is 2.20. The number of fused-ring (bicyclic) bond motifs is 1. The van der Waals surface area contributed by atoms with Gasteiger partial charge in [-0.3, -0.25) is 0 Å². The van der Waals surface area contributed by atoms with E-state index >= 15 is 0 Å². The first-order chi connectivity index (χ1) is 6.31. The third kappa shape index (κ3) is 1.04. The maximum atomic E-state index is 5.98. The average Bonchev–Trinajstić information content (AvgIpc) is 2.70. The highest BCUT2D eigenvalue weighted by molar-refractivity contribution is 6.30. The Morgan fingerprint density at radius 1 is 1.46 bits per heavy atom. The largest absolute Gasteiger partial charge is 0.316 e. The van der Waals surface area contributed by atoms with Crippen LogP contribution in [0.25, 0.3) is 0 Å². The molecule has 1 N–H and O–H groups in total. The SMILES string of the molecule is Clc1cccc(C23CNCC2C3)c1. The van der Waals surface area contributed by atoms with E-state index in [1.165, 1.54) is 18.5 Å². The monoisotopic (exact) mass is 193 g/mol. The molecule has 2 aliphatic rings. The van der Waals surface area contributed by atoms with Crippen molar-refractivity contribution < 1.29 is 0 Å². The molecule has 2 fully saturated rings. The number of halogens is 1. The molecule has 1 heterocycles. The van der Waals surface area contributed by atoms with Gasteiger partial charge in [-0.1, -0.05) is 23.7 Å². The van der Waals surface area contributed by atoms with Crippen LogP contribution in [-0.2, 0) is 5.41 Å². The zero-order chi connectivity index (χ0) is 8.89. The Balaban J connectivity index is 2.01. The molecule has 2 unspecified atom stereocenters. The van der Waals surface area contributed by atoms with Crippen molar-refractivity contribution in [2.45, 2.75) is 11.8 Å². The number of hydrogen-bond acceptors (Lipinski definition) is 1. The van der Waals surface area contributed by atoms with Gasteiger partial charge in [0.05, 0.1) is 0 Å². The zero-order valence-corrected chi connectivity index (χ0v) is 8.14. The van der Waals surface area contributed by atoms with E-state index in [1.807, 2.05) is 6.07 Å². The smallest absolute Gasteiger partial charge is 0.0408 e. The summed E-state index contributed by atoms with van der Waals surface area (Å²) in [6, 6.07) is 8.33. The minimum atomic E-state index is 0.449. The molecule has 3 rings (SSSR count). The normalized spacial score (nSPS) is 35.9. The zero-order valence-electron chi connectivity index (χ0n) is 7.39. The van der Waals surface area contributed by atoms with Crippen molar-refractivity contribution in [3.8, 4) is 0 Å². The molecule has 0 aromatic heterocycles. The van der Waals surface area contributed by atoms with E-state index < -0.39 is 0 Å². The lowest BCUT2D eigenvalue weighted by Gasteiger charge is -2.11. The van der Waals surface area contributed by atoms with Crippen molar-refractivity contribution in [3.05, 3.63) is 34.9 Å². The fraction of sp³-hybridized carbons (Fsp3) is 0.455. The van der Waals surface area contributed by atoms with Crippen LogP contribution in [0.3, 0.4) is 0 Å². The summed E-state index contributed by atoms with van der Waals surface area (Å²) < 4.78 is 0. The Labute approximate surface area is 83.1 Å². The molecule has 1 saturated heterocycles. The second-order valence-corrected chi connectivity index (χ2v) is 4.63. The van der Waals surface area contributed by atoms with Gasteiger partial charge in [-0.15, -0.1) is 0 Å². The van der Waals surface area contributed by atoms with Gasteiger partial charge in [-0.25, -0.2) is 0 Å². The van der Waals surface area contributed by atoms with Gasteiger partial charge in [0.1, 0.15) is 0 Å². The Hall–Kier alpha value is -0.530. The molecule has 0 bridgehead atoms. The molecule has 2 heteroatoms. The number of rotatable bonds is 1. The molecule has 13 heavy (non-hydrogen) atoms. The van der Waals surface area contributed by atoms with Crippen molar-refractivity contribution in [1.29, 1.82) is 0 Å². The lowest BCUT2D eigenvalue weighted by Crippen LogP contribution is -2.19. The molecule has 2 atom stereocenters. The summed E-state index contributed by atoms with van der Waals surface area (Å²) in [4.78, 5) is 0. The van der Waals surface area contributed by atoms with E-state index in [1.54, 1.807) is 0 Å².